The van der Waals surface area contributed by atoms with E-state index in [0.717, 1.165) is 18.4 Å². The summed E-state index contributed by atoms with van der Waals surface area (Å²) in [6.45, 7) is 2.42. The summed E-state index contributed by atoms with van der Waals surface area (Å²) in [5.74, 6) is 0. The van der Waals surface area contributed by atoms with Gasteiger partial charge in [-0.05, 0) is 71.7 Å². The van der Waals surface area contributed by atoms with Crippen molar-refractivity contribution in [1.82, 2.24) is 5.32 Å². The van der Waals surface area contributed by atoms with Crippen LogP contribution in [0.15, 0.2) is 48.5 Å². The standard InChI is InChI=1S/C19H21IN2O2/c1-13-9-15(20)7-8-18(13)21-16-10-17(11-16)22-19(23)24-12-14-5-3-2-4-6-14/h2-9,16-17,21H,10-12H2,1H3,(H,22,23). The summed E-state index contributed by atoms with van der Waals surface area (Å²) in [6, 6.07) is 16.7. The fourth-order valence-corrected chi connectivity index (χ4v) is 3.44. The largest absolute Gasteiger partial charge is 0.445 e. The lowest BCUT2D eigenvalue weighted by atomic mass is 9.86. The summed E-state index contributed by atoms with van der Waals surface area (Å²) in [5, 5.41) is 6.46. The van der Waals surface area contributed by atoms with Crippen LogP contribution in [0.3, 0.4) is 0 Å². The molecular formula is C19H21IN2O2. The molecule has 0 atom stereocenters. The Morgan fingerprint density at radius 3 is 2.62 bits per heavy atom. The third-order valence-corrected chi connectivity index (χ3v) is 4.89. The lowest BCUT2D eigenvalue weighted by Crippen LogP contribution is -2.49. The first-order valence-electron chi connectivity index (χ1n) is 8.10. The van der Waals surface area contributed by atoms with Crippen LogP contribution in [0.4, 0.5) is 10.5 Å². The molecule has 2 aromatic rings. The molecule has 0 spiro atoms. The Hall–Kier alpha value is -1.76. The van der Waals surface area contributed by atoms with Crippen LogP contribution >= 0.6 is 22.6 Å². The van der Waals surface area contributed by atoms with Crippen LogP contribution in [0.25, 0.3) is 0 Å². The molecule has 1 fully saturated rings. The van der Waals surface area contributed by atoms with E-state index in [1.807, 2.05) is 30.3 Å². The molecule has 4 nitrogen and oxygen atoms in total. The van der Waals surface area contributed by atoms with Crippen molar-refractivity contribution in [2.24, 2.45) is 0 Å². The minimum absolute atomic E-state index is 0.190. The summed E-state index contributed by atoms with van der Waals surface area (Å²) < 4.78 is 6.49. The van der Waals surface area contributed by atoms with Crippen LogP contribution in [0.2, 0.25) is 0 Å². The number of rotatable bonds is 5. The quantitative estimate of drug-likeness (QED) is 0.681. The number of carbonyl (C=O) groups excluding carboxylic acids is 1. The van der Waals surface area contributed by atoms with Gasteiger partial charge in [0.15, 0.2) is 0 Å². The molecule has 0 saturated heterocycles. The fraction of sp³-hybridized carbons (Fsp3) is 0.316. The van der Waals surface area contributed by atoms with E-state index in [4.69, 9.17) is 4.74 Å². The van der Waals surface area contributed by atoms with Crippen molar-refractivity contribution >= 4 is 34.4 Å². The predicted octanol–water partition coefficient (Wildman–Crippen LogP) is 4.47. The van der Waals surface area contributed by atoms with Crippen molar-refractivity contribution in [2.75, 3.05) is 5.32 Å². The number of hydrogen-bond acceptors (Lipinski definition) is 3. The number of aryl methyl sites for hydroxylation is 1. The topological polar surface area (TPSA) is 50.4 Å². The van der Waals surface area contributed by atoms with E-state index in [2.05, 4.69) is 58.3 Å². The SMILES string of the molecule is Cc1cc(I)ccc1NC1CC(NC(=O)OCc2ccccc2)C1. The summed E-state index contributed by atoms with van der Waals surface area (Å²) in [6.07, 6.45) is 1.50. The van der Waals surface area contributed by atoms with Gasteiger partial charge in [-0.2, -0.15) is 0 Å². The fourth-order valence-electron chi connectivity index (χ4n) is 2.79. The van der Waals surface area contributed by atoms with Crippen LogP contribution in [0.5, 0.6) is 0 Å². The third kappa shape index (κ3) is 4.63. The van der Waals surface area contributed by atoms with Gasteiger partial charge in [-0.1, -0.05) is 30.3 Å². The Kier molecular flexibility index (Phi) is 5.60. The van der Waals surface area contributed by atoms with Crippen LogP contribution in [-0.2, 0) is 11.3 Å². The molecule has 1 aliphatic rings. The molecule has 0 heterocycles. The van der Waals surface area contributed by atoms with Crippen molar-refractivity contribution in [3.05, 3.63) is 63.2 Å². The molecule has 5 heteroatoms. The minimum Gasteiger partial charge on any atom is -0.445 e. The highest BCUT2D eigenvalue weighted by atomic mass is 127. The lowest BCUT2D eigenvalue weighted by molar-refractivity contribution is 0.129. The van der Waals surface area contributed by atoms with Gasteiger partial charge in [0.1, 0.15) is 6.61 Å². The molecule has 1 amide bonds. The third-order valence-electron chi connectivity index (χ3n) is 4.22. The first kappa shape index (κ1) is 17.1. The maximum absolute atomic E-state index is 11.8. The molecule has 0 aromatic heterocycles. The van der Waals surface area contributed by atoms with Crippen LogP contribution in [0.1, 0.15) is 24.0 Å². The number of halogens is 1. The van der Waals surface area contributed by atoms with E-state index in [1.54, 1.807) is 0 Å². The number of hydrogen-bond donors (Lipinski definition) is 2. The number of anilines is 1. The van der Waals surface area contributed by atoms with Gasteiger partial charge in [0.2, 0.25) is 0 Å². The number of carbonyl (C=O) groups is 1. The zero-order chi connectivity index (χ0) is 16.9. The van der Waals surface area contributed by atoms with E-state index in [0.29, 0.717) is 12.6 Å². The van der Waals surface area contributed by atoms with Crippen LogP contribution < -0.4 is 10.6 Å². The Morgan fingerprint density at radius 2 is 1.92 bits per heavy atom. The molecule has 24 heavy (non-hydrogen) atoms. The molecule has 3 rings (SSSR count). The van der Waals surface area contributed by atoms with Gasteiger partial charge in [-0.25, -0.2) is 4.79 Å². The number of nitrogens with one attached hydrogen (secondary N) is 2. The highest BCUT2D eigenvalue weighted by molar-refractivity contribution is 14.1. The van der Waals surface area contributed by atoms with E-state index in [1.165, 1.54) is 14.8 Å². The average Bonchev–Trinajstić information content (AvgIpc) is 2.54. The normalized spacial score (nSPS) is 19.2. The first-order valence-corrected chi connectivity index (χ1v) is 9.18. The number of amides is 1. The van der Waals surface area contributed by atoms with Crippen LogP contribution in [-0.4, -0.2) is 18.2 Å². The van der Waals surface area contributed by atoms with Gasteiger partial charge >= 0.3 is 6.09 Å². The number of benzene rings is 2. The minimum atomic E-state index is -0.340. The zero-order valence-electron chi connectivity index (χ0n) is 13.6. The highest BCUT2D eigenvalue weighted by Crippen LogP contribution is 2.26. The first-order chi connectivity index (χ1) is 11.6. The van der Waals surface area contributed by atoms with Crippen molar-refractivity contribution in [2.45, 2.75) is 38.5 Å². The predicted molar refractivity (Wildman–Crippen MR) is 104 cm³/mol. The van der Waals surface area contributed by atoms with E-state index in [9.17, 15) is 4.79 Å². The number of ether oxygens (including phenoxy) is 1. The second-order valence-electron chi connectivity index (χ2n) is 6.17. The molecule has 0 bridgehead atoms. The Balaban J connectivity index is 1.38. The maximum Gasteiger partial charge on any atom is 0.407 e. The lowest BCUT2D eigenvalue weighted by Gasteiger charge is -2.37. The smallest absolute Gasteiger partial charge is 0.407 e. The molecule has 126 valence electrons. The Bertz CT molecular complexity index is 700. The van der Waals surface area contributed by atoms with E-state index >= 15 is 0 Å². The summed E-state index contributed by atoms with van der Waals surface area (Å²) >= 11 is 2.32. The monoisotopic (exact) mass is 436 g/mol. The summed E-state index contributed by atoms with van der Waals surface area (Å²) in [4.78, 5) is 11.8. The molecule has 0 aliphatic heterocycles. The summed E-state index contributed by atoms with van der Waals surface area (Å²) in [7, 11) is 0. The van der Waals surface area contributed by atoms with E-state index in [-0.39, 0.29) is 12.1 Å². The highest BCUT2D eigenvalue weighted by Gasteiger charge is 2.30. The molecule has 0 radical (unpaired) electrons. The van der Waals surface area contributed by atoms with E-state index < -0.39 is 0 Å². The number of alkyl carbamates (subject to hydrolysis) is 1. The Labute approximate surface area is 156 Å². The van der Waals surface area contributed by atoms with Crippen molar-refractivity contribution < 1.29 is 9.53 Å². The second kappa shape index (κ2) is 7.88. The second-order valence-corrected chi connectivity index (χ2v) is 7.42. The van der Waals surface area contributed by atoms with Gasteiger partial charge in [0.25, 0.3) is 0 Å². The molecular weight excluding hydrogens is 415 g/mol. The van der Waals surface area contributed by atoms with Crippen molar-refractivity contribution in [1.29, 1.82) is 0 Å². The van der Waals surface area contributed by atoms with Gasteiger partial charge in [0, 0.05) is 21.3 Å². The van der Waals surface area contributed by atoms with Crippen molar-refractivity contribution in [3.63, 3.8) is 0 Å². The zero-order valence-corrected chi connectivity index (χ0v) is 15.7. The molecule has 1 saturated carbocycles. The Morgan fingerprint density at radius 1 is 1.17 bits per heavy atom. The maximum atomic E-state index is 11.8. The van der Waals surface area contributed by atoms with Gasteiger partial charge in [-0.15, -0.1) is 0 Å². The molecule has 2 N–H and O–H groups in total. The van der Waals surface area contributed by atoms with Crippen molar-refractivity contribution in [3.8, 4) is 0 Å². The summed E-state index contributed by atoms with van der Waals surface area (Å²) in [5.41, 5.74) is 3.42. The van der Waals surface area contributed by atoms with Gasteiger partial charge < -0.3 is 15.4 Å². The molecule has 2 aromatic carbocycles. The average molecular weight is 436 g/mol. The van der Waals surface area contributed by atoms with Gasteiger partial charge in [0.05, 0.1) is 0 Å². The van der Waals surface area contributed by atoms with Crippen LogP contribution in [0, 0.1) is 10.5 Å². The molecule has 0 unspecified atom stereocenters. The van der Waals surface area contributed by atoms with Gasteiger partial charge in [-0.3, -0.25) is 0 Å². The molecule has 1 aliphatic carbocycles.